The lowest BCUT2D eigenvalue weighted by Gasteiger charge is -2.21. The summed E-state index contributed by atoms with van der Waals surface area (Å²) in [6.45, 7) is 1.60. The number of piperidine rings is 1. The minimum Gasteiger partial charge on any atom is -0.508 e. The minimum atomic E-state index is -0.636. The summed E-state index contributed by atoms with van der Waals surface area (Å²) in [6, 6.07) is 3.68. The van der Waals surface area contributed by atoms with Gasteiger partial charge < -0.3 is 10.4 Å². The van der Waals surface area contributed by atoms with Gasteiger partial charge in [0.25, 0.3) is 0 Å². The van der Waals surface area contributed by atoms with Gasteiger partial charge in [-0.2, -0.15) is 0 Å². The smallest absolute Gasteiger partial charge is 0.168 e. The van der Waals surface area contributed by atoms with Gasteiger partial charge in [-0.25, -0.2) is 4.39 Å². The van der Waals surface area contributed by atoms with E-state index < -0.39 is 5.82 Å². The van der Waals surface area contributed by atoms with Crippen LogP contribution in [0, 0.1) is 11.7 Å². The number of Topliss-reactive ketones (excluding diaryl/α,β-unsaturated/α-hetero) is 1. The van der Waals surface area contributed by atoms with E-state index in [1.54, 1.807) is 0 Å². The van der Waals surface area contributed by atoms with Crippen molar-refractivity contribution in [3.8, 4) is 5.75 Å². The largest absolute Gasteiger partial charge is 0.508 e. The number of phenols is 1. The Hall–Kier alpha value is -1.42. The molecule has 4 heteroatoms. The van der Waals surface area contributed by atoms with Crippen LogP contribution in [0.15, 0.2) is 18.2 Å². The van der Waals surface area contributed by atoms with Gasteiger partial charge in [-0.05, 0) is 38.1 Å². The summed E-state index contributed by atoms with van der Waals surface area (Å²) in [5.41, 5.74) is 0.0877. The summed E-state index contributed by atoms with van der Waals surface area (Å²) in [7, 11) is 0. The van der Waals surface area contributed by atoms with E-state index in [0.29, 0.717) is 0 Å². The van der Waals surface area contributed by atoms with Crippen LogP contribution in [0.25, 0.3) is 0 Å². The molecule has 0 aliphatic carbocycles. The fourth-order valence-electron chi connectivity index (χ4n) is 2.01. The Balaban J connectivity index is 2.19. The van der Waals surface area contributed by atoms with Gasteiger partial charge in [0.1, 0.15) is 11.6 Å². The number of carbonyl (C=O) groups is 1. The third kappa shape index (κ3) is 2.22. The number of halogens is 1. The van der Waals surface area contributed by atoms with E-state index >= 15 is 0 Å². The van der Waals surface area contributed by atoms with E-state index in [2.05, 4.69) is 5.32 Å². The van der Waals surface area contributed by atoms with Gasteiger partial charge in [0.05, 0.1) is 5.56 Å². The molecule has 0 radical (unpaired) electrons. The first-order valence-electron chi connectivity index (χ1n) is 5.42. The molecule has 1 heterocycles. The Labute approximate surface area is 93.3 Å². The Morgan fingerprint density at radius 2 is 2.06 bits per heavy atom. The van der Waals surface area contributed by atoms with Crippen molar-refractivity contribution in [3.63, 3.8) is 0 Å². The van der Waals surface area contributed by atoms with Crippen LogP contribution in [0.4, 0.5) is 4.39 Å². The predicted octanol–water partition coefficient (Wildman–Crippen LogP) is 1.71. The monoisotopic (exact) mass is 223 g/mol. The SMILES string of the molecule is O=C(c1ccc(O)cc1F)C1CCNCC1. The molecule has 1 aliphatic rings. The number of carbonyl (C=O) groups excluding carboxylic acids is 1. The molecule has 0 aromatic heterocycles. The molecule has 1 aromatic carbocycles. The molecule has 0 spiro atoms. The second kappa shape index (κ2) is 4.61. The van der Waals surface area contributed by atoms with Crippen molar-refractivity contribution in [1.29, 1.82) is 0 Å². The van der Waals surface area contributed by atoms with Crippen LogP contribution >= 0.6 is 0 Å². The molecule has 0 saturated carbocycles. The van der Waals surface area contributed by atoms with Crippen LogP contribution < -0.4 is 5.32 Å². The zero-order valence-corrected chi connectivity index (χ0v) is 8.87. The van der Waals surface area contributed by atoms with Gasteiger partial charge in [0.2, 0.25) is 0 Å². The van der Waals surface area contributed by atoms with E-state index in [1.807, 2.05) is 0 Å². The molecule has 2 rings (SSSR count). The molecule has 2 N–H and O–H groups in total. The maximum atomic E-state index is 13.5. The Bertz CT molecular complexity index is 400. The highest BCUT2D eigenvalue weighted by Gasteiger charge is 2.24. The highest BCUT2D eigenvalue weighted by Crippen LogP contribution is 2.22. The summed E-state index contributed by atoms with van der Waals surface area (Å²) in [6.07, 6.45) is 1.50. The van der Waals surface area contributed by atoms with Gasteiger partial charge in [-0.15, -0.1) is 0 Å². The van der Waals surface area contributed by atoms with Crippen molar-refractivity contribution < 1.29 is 14.3 Å². The van der Waals surface area contributed by atoms with Crippen molar-refractivity contribution in [3.05, 3.63) is 29.6 Å². The molecule has 3 nitrogen and oxygen atoms in total. The summed E-state index contributed by atoms with van der Waals surface area (Å²) in [5, 5.41) is 12.2. The average Bonchev–Trinajstić information content (AvgIpc) is 2.29. The first-order valence-corrected chi connectivity index (χ1v) is 5.42. The summed E-state index contributed by atoms with van der Waals surface area (Å²) in [4.78, 5) is 12.0. The van der Waals surface area contributed by atoms with E-state index in [-0.39, 0.29) is 23.0 Å². The molecule has 0 amide bonds. The quantitative estimate of drug-likeness (QED) is 0.750. The summed E-state index contributed by atoms with van der Waals surface area (Å²) >= 11 is 0. The van der Waals surface area contributed by atoms with Crippen molar-refractivity contribution in [2.24, 2.45) is 5.92 Å². The summed E-state index contributed by atoms with van der Waals surface area (Å²) in [5.74, 6) is -1.04. The minimum absolute atomic E-state index is 0.0877. The number of aromatic hydroxyl groups is 1. The first kappa shape index (κ1) is 11.1. The number of rotatable bonds is 2. The molecule has 1 saturated heterocycles. The molecule has 86 valence electrons. The predicted molar refractivity (Wildman–Crippen MR) is 58.0 cm³/mol. The Morgan fingerprint density at radius 3 is 2.69 bits per heavy atom. The molecule has 0 unspecified atom stereocenters. The zero-order valence-electron chi connectivity index (χ0n) is 8.87. The van der Waals surface area contributed by atoms with Gasteiger partial charge in [-0.1, -0.05) is 0 Å². The molecule has 16 heavy (non-hydrogen) atoms. The number of hydrogen-bond acceptors (Lipinski definition) is 3. The van der Waals surface area contributed by atoms with Crippen LogP contribution in [0.2, 0.25) is 0 Å². The number of nitrogens with one attached hydrogen (secondary N) is 1. The second-order valence-electron chi connectivity index (χ2n) is 4.05. The third-order valence-corrected chi connectivity index (χ3v) is 2.93. The van der Waals surface area contributed by atoms with Crippen LogP contribution in [-0.4, -0.2) is 24.0 Å². The molecule has 0 atom stereocenters. The number of phenolic OH excluding ortho intramolecular Hbond substituents is 1. The van der Waals surface area contributed by atoms with Crippen molar-refractivity contribution >= 4 is 5.78 Å². The number of hydrogen-bond donors (Lipinski definition) is 2. The second-order valence-corrected chi connectivity index (χ2v) is 4.05. The van der Waals surface area contributed by atoms with E-state index in [1.165, 1.54) is 12.1 Å². The van der Waals surface area contributed by atoms with Crippen molar-refractivity contribution in [1.82, 2.24) is 5.32 Å². The van der Waals surface area contributed by atoms with Crippen molar-refractivity contribution in [2.45, 2.75) is 12.8 Å². The molecular formula is C12H14FNO2. The first-order chi connectivity index (χ1) is 7.68. The standard InChI is InChI=1S/C12H14FNO2/c13-11-7-9(15)1-2-10(11)12(16)8-3-5-14-6-4-8/h1-2,7-8,14-15H,3-6H2. The fraction of sp³-hybridized carbons (Fsp3) is 0.417. The average molecular weight is 223 g/mol. The maximum absolute atomic E-state index is 13.5. The molecule has 1 fully saturated rings. The van der Waals surface area contributed by atoms with Crippen LogP contribution in [0.1, 0.15) is 23.2 Å². The lowest BCUT2D eigenvalue weighted by molar-refractivity contribution is 0.0891. The number of ketones is 1. The van der Waals surface area contributed by atoms with Crippen molar-refractivity contribution in [2.75, 3.05) is 13.1 Å². The van der Waals surface area contributed by atoms with Gasteiger partial charge >= 0.3 is 0 Å². The van der Waals surface area contributed by atoms with E-state index in [4.69, 9.17) is 5.11 Å². The fourth-order valence-corrected chi connectivity index (χ4v) is 2.01. The van der Waals surface area contributed by atoms with Gasteiger partial charge in [-0.3, -0.25) is 4.79 Å². The van der Waals surface area contributed by atoms with E-state index in [9.17, 15) is 9.18 Å². The molecular weight excluding hydrogens is 209 g/mol. The maximum Gasteiger partial charge on any atom is 0.168 e. The summed E-state index contributed by atoms with van der Waals surface area (Å²) < 4.78 is 13.5. The highest BCUT2D eigenvalue weighted by atomic mass is 19.1. The van der Waals surface area contributed by atoms with Gasteiger partial charge in [0, 0.05) is 12.0 Å². The molecule has 0 bridgehead atoms. The van der Waals surface area contributed by atoms with Crippen LogP contribution in [0.3, 0.4) is 0 Å². The highest BCUT2D eigenvalue weighted by molar-refractivity contribution is 5.98. The Morgan fingerprint density at radius 1 is 1.38 bits per heavy atom. The van der Waals surface area contributed by atoms with Crippen LogP contribution in [0.5, 0.6) is 5.75 Å². The number of benzene rings is 1. The zero-order chi connectivity index (χ0) is 11.5. The lowest BCUT2D eigenvalue weighted by Crippen LogP contribution is -2.32. The van der Waals surface area contributed by atoms with Gasteiger partial charge in [0.15, 0.2) is 5.78 Å². The third-order valence-electron chi connectivity index (χ3n) is 2.93. The normalized spacial score (nSPS) is 17.3. The van der Waals surface area contributed by atoms with Crippen LogP contribution in [-0.2, 0) is 0 Å². The topological polar surface area (TPSA) is 49.3 Å². The molecule has 1 aromatic rings. The molecule has 1 aliphatic heterocycles. The lowest BCUT2D eigenvalue weighted by atomic mass is 9.89. The Kier molecular flexibility index (Phi) is 3.19. The van der Waals surface area contributed by atoms with E-state index in [0.717, 1.165) is 32.0 Å².